The lowest BCUT2D eigenvalue weighted by Crippen LogP contribution is -1.98. The van der Waals surface area contributed by atoms with Crippen molar-refractivity contribution in [2.45, 2.75) is 6.92 Å². The van der Waals surface area contributed by atoms with Gasteiger partial charge in [-0.25, -0.2) is 9.07 Å². The second kappa shape index (κ2) is 2.97. The predicted octanol–water partition coefficient (Wildman–Crippen LogP) is 1.71. The third-order valence-corrected chi connectivity index (χ3v) is 1.77. The molecule has 0 unspecified atom stereocenters. The van der Waals surface area contributed by atoms with Gasteiger partial charge in [-0.3, -0.25) is 0 Å². The van der Waals surface area contributed by atoms with Crippen molar-refractivity contribution in [1.82, 2.24) is 15.0 Å². The zero-order valence-electron chi connectivity index (χ0n) is 7.11. The van der Waals surface area contributed by atoms with Crippen molar-refractivity contribution in [2.75, 3.05) is 0 Å². The Labute approximate surface area is 74.8 Å². The first-order valence-corrected chi connectivity index (χ1v) is 3.90. The van der Waals surface area contributed by atoms with Crippen LogP contribution in [0.4, 0.5) is 4.39 Å². The summed E-state index contributed by atoms with van der Waals surface area (Å²) >= 11 is 0. The number of hydrogen-bond donors (Lipinski definition) is 0. The van der Waals surface area contributed by atoms with Crippen molar-refractivity contribution in [3.8, 4) is 5.69 Å². The van der Waals surface area contributed by atoms with Gasteiger partial charge in [-0.2, -0.15) is 0 Å². The maximum absolute atomic E-state index is 13.3. The summed E-state index contributed by atoms with van der Waals surface area (Å²) in [5.74, 6) is -0.287. The Morgan fingerprint density at radius 1 is 1.38 bits per heavy atom. The van der Waals surface area contributed by atoms with Crippen LogP contribution in [0.1, 0.15) is 5.56 Å². The highest BCUT2D eigenvalue weighted by atomic mass is 19.1. The molecule has 0 spiro atoms. The van der Waals surface area contributed by atoms with Crippen LogP contribution < -0.4 is 0 Å². The number of rotatable bonds is 1. The van der Waals surface area contributed by atoms with E-state index in [4.69, 9.17) is 0 Å². The van der Waals surface area contributed by atoms with E-state index in [9.17, 15) is 4.39 Å². The molecular weight excluding hydrogens is 169 g/mol. The first kappa shape index (κ1) is 7.91. The largest absolute Gasteiger partial charge is 0.218 e. The Balaban J connectivity index is 2.53. The van der Waals surface area contributed by atoms with Crippen molar-refractivity contribution >= 4 is 0 Å². The maximum Gasteiger partial charge on any atom is 0.149 e. The van der Waals surface area contributed by atoms with Crippen LogP contribution in [-0.4, -0.2) is 15.0 Å². The van der Waals surface area contributed by atoms with E-state index in [1.165, 1.54) is 16.9 Å². The molecule has 0 bridgehead atoms. The summed E-state index contributed by atoms with van der Waals surface area (Å²) in [5, 5.41) is 7.31. The summed E-state index contributed by atoms with van der Waals surface area (Å²) < 4.78 is 14.7. The molecule has 3 nitrogen and oxygen atoms in total. The van der Waals surface area contributed by atoms with Gasteiger partial charge in [0.1, 0.15) is 11.5 Å². The smallest absolute Gasteiger partial charge is 0.149 e. The van der Waals surface area contributed by atoms with Gasteiger partial charge in [-0.05, 0) is 24.6 Å². The van der Waals surface area contributed by atoms with Crippen LogP contribution >= 0.6 is 0 Å². The fourth-order valence-electron chi connectivity index (χ4n) is 1.13. The lowest BCUT2D eigenvalue weighted by molar-refractivity contribution is 0.606. The number of hydrogen-bond acceptors (Lipinski definition) is 2. The third kappa shape index (κ3) is 1.42. The van der Waals surface area contributed by atoms with Crippen LogP contribution in [-0.2, 0) is 0 Å². The Hall–Kier alpha value is -1.71. The number of nitrogens with zero attached hydrogens (tertiary/aromatic N) is 3. The Morgan fingerprint density at radius 3 is 2.85 bits per heavy atom. The average molecular weight is 177 g/mol. The van der Waals surface area contributed by atoms with E-state index in [1.54, 1.807) is 12.3 Å². The molecule has 0 amide bonds. The van der Waals surface area contributed by atoms with Crippen molar-refractivity contribution in [3.05, 3.63) is 42.0 Å². The Kier molecular flexibility index (Phi) is 1.81. The molecule has 1 aromatic carbocycles. The van der Waals surface area contributed by atoms with Crippen molar-refractivity contribution < 1.29 is 4.39 Å². The highest BCUT2D eigenvalue weighted by Crippen LogP contribution is 2.12. The molecule has 0 aliphatic carbocycles. The molecule has 0 saturated heterocycles. The van der Waals surface area contributed by atoms with E-state index >= 15 is 0 Å². The lowest BCUT2D eigenvalue weighted by Gasteiger charge is -2.01. The molecule has 1 heterocycles. The maximum atomic E-state index is 13.3. The van der Waals surface area contributed by atoms with Crippen LogP contribution in [0.15, 0.2) is 30.6 Å². The Morgan fingerprint density at radius 2 is 2.23 bits per heavy atom. The molecule has 0 atom stereocenters. The van der Waals surface area contributed by atoms with E-state index in [1.807, 2.05) is 13.0 Å². The van der Waals surface area contributed by atoms with E-state index in [0.29, 0.717) is 5.69 Å². The predicted molar refractivity (Wildman–Crippen MR) is 46.1 cm³/mol. The van der Waals surface area contributed by atoms with Crippen LogP contribution in [0.25, 0.3) is 5.69 Å². The second-order valence-corrected chi connectivity index (χ2v) is 2.80. The van der Waals surface area contributed by atoms with E-state index < -0.39 is 0 Å². The van der Waals surface area contributed by atoms with Crippen LogP contribution in [0.2, 0.25) is 0 Å². The summed E-state index contributed by atoms with van der Waals surface area (Å²) in [6.07, 6.45) is 3.12. The van der Waals surface area contributed by atoms with Crippen LogP contribution in [0.5, 0.6) is 0 Å². The molecule has 0 aliphatic heterocycles. The van der Waals surface area contributed by atoms with Crippen molar-refractivity contribution in [2.24, 2.45) is 0 Å². The molecule has 13 heavy (non-hydrogen) atoms. The molecular formula is C9H8FN3. The zero-order valence-corrected chi connectivity index (χ0v) is 7.11. The van der Waals surface area contributed by atoms with Gasteiger partial charge in [0.15, 0.2) is 0 Å². The lowest BCUT2D eigenvalue weighted by atomic mass is 10.2. The van der Waals surface area contributed by atoms with E-state index in [-0.39, 0.29) is 5.82 Å². The van der Waals surface area contributed by atoms with Gasteiger partial charge in [0, 0.05) is 0 Å². The standard InChI is InChI=1S/C9H8FN3/c1-7-2-3-9(8(10)6-7)13-5-4-11-12-13/h2-6H,1H3. The number of aryl methyl sites for hydroxylation is 1. The van der Waals surface area contributed by atoms with Gasteiger partial charge in [-0.15, -0.1) is 5.10 Å². The fraction of sp³-hybridized carbons (Fsp3) is 0.111. The van der Waals surface area contributed by atoms with Gasteiger partial charge >= 0.3 is 0 Å². The topological polar surface area (TPSA) is 30.7 Å². The summed E-state index contributed by atoms with van der Waals surface area (Å²) in [7, 11) is 0. The minimum absolute atomic E-state index is 0.287. The van der Waals surface area contributed by atoms with Crippen LogP contribution in [0, 0.1) is 12.7 Å². The molecule has 2 aromatic rings. The molecule has 0 fully saturated rings. The minimum atomic E-state index is -0.287. The fourth-order valence-corrected chi connectivity index (χ4v) is 1.13. The summed E-state index contributed by atoms with van der Waals surface area (Å²) in [5.41, 5.74) is 1.31. The average Bonchev–Trinajstić information content (AvgIpc) is 2.56. The highest BCUT2D eigenvalue weighted by Gasteiger charge is 2.03. The van der Waals surface area contributed by atoms with Crippen molar-refractivity contribution in [3.63, 3.8) is 0 Å². The number of benzene rings is 1. The van der Waals surface area contributed by atoms with Crippen LogP contribution in [0.3, 0.4) is 0 Å². The SMILES string of the molecule is Cc1ccc(-n2ccnn2)c(F)c1. The summed E-state index contributed by atoms with van der Waals surface area (Å²) in [6, 6.07) is 4.98. The van der Waals surface area contributed by atoms with Gasteiger partial charge in [-0.1, -0.05) is 11.3 Å². The highest BCUT2D eigenvalue weighted by molar-refractivity contribution is 5.34. The first-order valence-electron chi connectivity index (χ1n) is 3.90. The van der Waals surface area contributed by atoms with Gasteiger partial charge in [0.2, 0.25) is 0 Å². The summed E-state index contributed by atoms with van der Waals surface area (Å²) in [4.78, 5) is 0. The number of aromatic nitrogens is 3. The molecule has 0 N–H and O–H groups in total. The molecule has 0 radical (unpaired) electrons. The van der Waals surface area contributed by atoms with Gasteiger partial charge < -0.3 is 0 Å². The first-order chi connectivity index (χ1) is 6.27. The van der Waals surface area contributed by atoms with E-state index in [0.717, 1.165) is 5.56 Å². The molecule has 4 heteroatoms. The quantitative estimate of drug-likeness (QED) is 0.664. The molecule has 1 aromatic heterocycles. The van der Waals surface area contributed by atoms with Gasteiger partial charge in [0.05, 0.1) is 12.4 Å². The molecule has 0 saturated carbocycles. The molecule has 0 aliphatic rings. The normalized spacial score (nSPS) is 10.3. The minimum Gasteiger partial charge on any atom is -0.218 e. The monoisotopic (exact) mass is 177 g/mol. The third-order valence-electron chi connectivity index (χ3n) is 1.77. The van der Waals surface area contributed by atoms with Crippen molar-refractivity contribution in [1.29, 1.82) is 0 Å². The molecule has 66 valence electrons. The summed E-state index contributed by atoms with van der Waals surface area (Å²) in [6.45, 7) is 1.84. The molecule has 2 rings (SSSR count). The van der Waals surface area contributed by atoms with Gasteiger partial charge in [0.25, 0.3) is 0 Å². The Bertz CT molecular complexity index is 409. The second-order valence-electron chi connectivity index (χ2n) is 2.80. The van der Waals surface area contributed by atoms with E-state index in [2.05, 4.69) is 10.3 Å². The zero-order chi connectivity index (χ0) is 9.26. The number of halogens is 1.